The summed E-state index contributed by atoms with van der Waals surface area (Å²) in [4.78, 5) is 8.09. The first-order valence-corrected chi connectivity index (χ1v) is 13.3. The molecule has 0 amide bonds. The molecular formula is C26H27N5O2S. The van der Waals surface area contributed by atoms with Gasteiger partial charge in [0.05, 0.1) is 4.90 Å². The highest BCUT2D eigenvalue weighted by Crippen LogP contribution is 2.22. The maximum Gasteiger partial charge on any atom is 0.175 e. The standard InChI is InChI=1S/C26H27N5O2S/c1-34(32,33)22-10-4-7-19(15-22)16-25-29-30-26(31(25)14-6-9-21-8-5-13-27-21)17-20-18-28-24-12-3-2-11-23(20)24/h2-4,7-8,10-13,15,18,28H,5-6,9,14,16-17H2,1H3. The molecular weight excluding hydrogens is 446 g/mol. The molecule has 0 aliphatic carbocycles. The third-order valence-corrected chi connectivity index (χ3v) is 7.26. The van der Waals surface area contributed by atoms with Gasteiger partial charge in [-0.3, -0.25) is 4.99 Å². The monoisotopic (exact) mass is 473 g/mol. The SMILES string of the molecule is CS(=O)(=O)c1cccc(Cc2nnc(Cc3c[nH]c4ccccc34)n2CCCC2=CCC=N2)c1. The molecule has 0 bridgehead atoms. The molecule has 174 valence electrons. The van der Waals surface area contributed by atoms with Gasteiger partial charge >= 0.3 is 0 Å². The second kappa shape index (κ2) is 9.38. The second-order valence-electron chi connectivity index (χ2n) is 8.66. The average molecular weight is 474 g/mol. The summed E-state index contributed by atoms with van der Waals surface area (Å²) in [6, 6.07) is 15.3. The third-order valence-electron chi connectivity index (χ3n) is 6.15. The molecule has 1 aliphatic heterocycles. The van der Waals surface area contributed by atoms with Crippen LogP contribution in [0.2, 0.25) is 0 Å². The zero-order chi connectivity index (χ0) is 23.5. The molecule has 0 fully saturated rings. The Morgan fingerprint density at radius 3 is 2.65 bits per heavy atom. The Morgan fingerprint density at radius 2 is 1.85 bits per heavy atom. The maximum atomic E-state index is 12.0. The Morgan fingerprint density at radius 1 is 1.03 bits per heavy atom. The number of allylic oxidation sites excluding steroid dienone is 2. The number of nitrogens with zero attached hydrogens (tertiary/aromatic N) is 4. The molecule has 2 aromatic carbocycles. The number of hydrogen-bond acceptors (Lipinski definition) is 5. The van der Waals surface area contributed by atoms with Crippen molar-refractivity contribution in [3.8, 4) is 0 Å². The van der Waals surface area contributed by atoms with Crippen molar-refractivity contribution in [3.63, 3.8) is 0 Å². The van der Waals surface area contributed by atoms with Crippen LogP contribution in [0.5, 0.6) is 0 Å². The number of nitrogens with one attached hydrogen (secondary N) is 1. The highest BCUT2D eigenvalue weighted by molar-refractivity contribution is 7.90. The molecule has 0 spiro atoms. The van der Waals surface area contributed by atoms with Gasteiger partial charge in [0, 0.05) is 61.1 Å². The molecule has 0 radical (unpaired) electrons. The van der Waals surface area contributed by atoms with Crippen molar-refractivity contribution in [1.82, 2.24) is 19.7 Å². The van der Waals surface area contributed by atoms with Crippen molar-refractivity contribution >= 4 is 27.0 Å². The van der Waals surface area contributed by atoms with Crippen LogP contribution in [-0.4, -0.2) is 40.6 Å². The van der Waals surface area contributed by atoms with Gasteiger partial charge in [0.2, 0.25) is 0 Å². The van der Waals surface area contributed by atoms with E-state index in [1.807, 2.05) is 30.6 Å². The summed E-state index contributed by atoms with van der Waals surface area (Å²) in [5, 5.41) is 10.3. The van der Waals surface area contributed by atoms with Crippen LogP contribution in [0.1, 0.15) is 42.0 Å². The Labute approximate surface area is 199 Å². The zero-order valence-corrected chi connectivity index (χ0v) is 19.9. The maximum absolute atomic E-state index is 12.0. The lowest BCUT2D eigenvalue weighted by Crippen LogP contribution is -2.10. The molecule has 0 saturated carbocycles. The van der Waals surface area contributed by atoms with E-state index in [0.717, 1.165) is 54.2 Å². The highest BCUT2D eigenvalue weighted by Gasteiger charge is 2.16. The van der Waals surface area contributed by atoms with Gasteiger partial charge in [0.15, 0.2) is 9.84 Å². The smallest absolute Gasteiger partial charge is 0.175 e. The average Bonchev–Trinajstić information content (AvgIpc) is 3.56. The van der Waals surface area contributed by atoms with Crippen LogP contribution in [0.25, 0.3) is 10.9 Å². The van der Waals surface area contributed by atoms with E-state index in [1.165, 1.54) is 17.2 Å². The van der Waals surface area contributed by atoms with Crippen molar-refractivity contribution < 1.29 is 8.42 Å². The number of fused-ring (bicyclic) bond motifs is 1. The van der Waals surface area contributed by atoms with Gasteiger partial charge in [0.25, 0.3) is 0 Å². The molecule has 1 N–H and O–H groups in total. The number of sulfone groups is 1. The molecule has 0 saturated heterocycles. The van der Waals surface area contributed by atoms with E-state index in [2.05, 4.69) is 42.9 Å². The summed E-state index contributed by atoms with van der Waals surface area (Å²) in [5.74, 6) is 1.74. The van der Waals surface area contributed by atoms with E-state index in [-0.39, 0.29) is 0 Å². The number of para-hydroxylation sites is 1. The number of hydrogen-bond donors (Lipinski definition) is 1. The molecule has 8 heteroatoms. The van der Waals surface area contributed by atoms with E-state index in [1.54, 1.807) is 18.2 Å². The predicted molar refractivity (Wildman–Crippen MR) is 134 cm³/mol. The summed E-state index contributed by atoms with van der Waals surface area (Å²) in [6.45, 7) is 0.776. The number of aromatic amines is 1. The topological polar surface area (TPSA) is 93.0 Å². The van der Waals surface area contributed by atoms with Crippen molar-refractivity contribution in [1.29, 1.82) is 0 Å². The van der Waals surface area contributed by atoms with Crippen LogP contribution in [0.3, 0.4) is 0 Å². The van der Waals surface area contributed by atoms with Gasteiger partial charge in [0.1, 0.15) is 11.6 Å². The van der Waals surface area contributed by atoms with Gasteiger partial charge in [-0.05, 0) is 42.2 Å². The summed E-state index contributed by atoms with van der Waals surface area (Å²) in [6.07, 6.45) is 11.3. The van der Waals surface area contributed by atoms with Crippen molar-refractivity contribution in [2.75, 3.05) is 6.26 Å². The fourth-order valence-corrected chi connectivity index (χ4v) is 5.10. The fourth-order valence-electron chi connectivity index (χ4n) is 4.41. The molecule has 4 aromatic rings. The van der Waals surface area contributed by atoms with Gasteiger partial charge in [-0.15, -0.1) is 10.2 Å². The minimum absolute atomic E-state index is 0.320. The van der Waals surface area contributed by atoms with Crippen molar-refractivity contribution in [2.45, 2.75) is 43.5 Å². The Bertz CT molecular complexity index is 1490. The molecule has 5 rings (SSSR count). The molecule has 2 aromatic heterocycles. The van der Waals surface area contributed by atoms with E-state index in [0.29, 0.717) is 17.7 Å². The molecule has 1 aliphatic rings. The van der Waals surface area contributed by atoms with Gasteiger partial charge in [-0.2, -0.15) is 0 Å². The van der Waals surface area contributed by atoms with Crippen molar-refractivity contribution in [3.05, 3.63) is 89.3 Å². The van der Waals surface area contributed by atoms with Crippen molar-refractivity contribution in [2.24, 2.45) is 4.99 Å². The molecule has 0 unspecified atom stereocenters. The first kappa shape index (κ1) is 22.3. The van der Waals surface area contributed by atoms with E-state index < -0.39 is 9.84 Å². The van der Waals surface area contributed by atoms with E-state index in [9.17, 15) is 8.42 Å². The Hall–Kier alpha value is -3.52. The second-order valence-corrected chi connectivity index (χ2v) is 10.7. The van der Waals surface area contributed by atoms with Crippen LogP contribution in [0.15, 0.2) is 76.4 Å². The molecule has 7 nitrogen and oxygen atoms in total. The third kappa shape index (κ3) is 4.87. The normalized spacial score (nSPS) is 13.6. The number of aliphatic imine (C=N–C) groups is 1. The minimum atomic E-state index is -3.27. The Balaban J connectivity index is 1.43. The lowest BCUT2D eigenvalue weighted by Gasteiger charge is -2.11. The van der Waals surface area contributed by atoms with Crippen LogP contribution in [-0.2, 0) is 29.2 Å². The first-order chi connectivity index (χ1) is 16.5. The number of H-pyrrole nitrogens is 1. The highest BCUT2D eigenvalue weighted by atomic mass is 32.2. The predicted octanol–water partition coefficient (Wildman–Crippen LogP) is 4.48. The van der Waals surface area contributed by atoms with Crippen LogP contribution < -0.4 is 0 Å². The largest absolute Gasteiger partial charge is 0.361 e. The lowest BCUT2D eigenvalue weighted by molar-refractivity contribution is 0.593. The molecule has 34 heavy (non-hydrogen) atoms. The lowest BCUT2D eigenvalue weighted by atomic mass is 10.1. The summed E-state index contributed by atoms with van der Waals surface area (Å²) in [7, 11) is -3.27. The summed E-state index contributed by atoms with van der Waals surface area (Å²) < 4.78 is 26.2. The van der Waals surface area contributed by atoms with E-state index >= 15 is 0 Å². The summed E-state index contributed by atoms with van der Waals surface area (Å²) in [5.41, 5.74) is 4.32. The van der Waals surface area contributed by atoms with Gasteiger partial charge in [-0.25, -0.2) is 8.42 Å². The fraction of sp³-hybridized carbons (Fsp3) is 0.269. The quantitative estimate of drug-likeness (QED) is 0.388. The van der Waals surface area contributed by atoms with Gasteiger partial charge in [-0.1, -0.05) is 36.4 Å². The molecule has 0 atom stereocenters. The van der Waals surface area contributed by atoms with Crippen LogP contribution in [0.4, 0.5) is 0 Å². The summed E-state index contributed by atoms with van der Waals surface area (Å²) >= 11 is 0. The zero-order valence-electron chi connectivity index (χ0n) is 19.1. The first-order valence-electron chi connectivity index (χ1n) is 11.4. The number of benzene rings is 2. The number of aromatic nitrogens is 4. The minimum Gasteiger partial charge on any atom is -0.361 e. The number of rotatable bonds is 9. The van der Waals surface area contributed by atoms with Crippen LogP contribution in [0, 0.1) is 0 Å². The Kier molecular flexibility index (Phi) is 6.15. The van der Waals surface area contributed by atoms with Gasteiger partial charge < -0.3 is 9.55 Å². The van der Waals surface area contributed by atoms with E-state index in [4.69, 9.17) is 0 Å². The van der Waals surface area contributed by atoms with Crippen LogP contribution >= 0.6 is 0 Å². The molecule has 3 heterocycles.